The van der Waals surface area contributed by atoms with Crippen molar-refractivity contribution in [3.63, 3.8) is 0 Å². The largest absolute Gasteiger partial charge is 0.396 e. The topological polar surface area (TPSA) is 75.4 Å². The van der Waals surface area contributed by atoms with Crippen LogP contribution in [-0.2, 0) is 4.79 Å². The molecule has 0 spiro atoms. The molecule has 4 N–H and O–H groups in total. The molecule has 1 saturated carbocycles. The zero-order valence-corrected chi connectivity index (χ0v) is 10.7. The molecule has 0 bridgehead atoms. The van der Waals surface area contributed by atoms with Crippen LogP contribution in [0.15, 0.2) is 0 Å². The standard InChI is InChI=1S/C13H26N2O2/c14-9-4-2-1-3-5-12(17)15-11-13(6-7-13)8-10-16/h16H,1-11,14H2,(H,15,17). The number of nitrogens with two attached hydrogens (primary N) is 1. The van der Waals surface area contributed by atoms with Crippen molar-refractivity contribution in [1.29, 1.82) is 0 Å². The molecular weight excluding hydrogens is 216 g/mol. The van der Waals surface area contributed by atoms with Crippen LogP contribution >= 0.6 is 0 Å². The van der Waals surface area contributed by atoms with E-state index in [1.165, 1.54) is 0 Å². The van der Waals surface area contributed by atoms with E-state index in [-0.39, 0.29) is 17.9 Å². The predicted octanol–water partition coefficient (Wildman–Crippen LogP) is 1.17. The van der Waals surface area contributed by atoms with Crippen molar-refractivity contribution < 1.29 is 9.90 Å². The van der Waals surface area contributed by atoms with Crippen LogP contribution in [0.4, 0.5) is 0 Å². The van der Waals surface area contributed by atoms with E-state index in [2.05, 4.69) is 5.32 Å². The number of hydrogen-bond donors (Lipinski definition) is 3. The molecule has 0 aromatic rings. The van der Waals surface area contributed by atoms with E-state index < -0.39 is 0 Å². The van der Waals surface area contributed by atoms with Crippen LogP contribution < -0.4 is 11.1 Å². The summed E-state index contributed by atoms with van der Waals surface area (Å²) in [6.45, 7) is 1.72. The van der Waals surface area contributed by atoms with E-state index in [0.29, 0.717) is 6.42 Å². The van der Waals surface area contributed by atoms with Gasteiger partial charge in [-0.05, 0) is 44.1 Å². The van der Waals surface area contributed by atoms with Crippen molar-refractivity contribution >= 4 is 5.91 Å². The summed E-state index contributed by atoms with van der Waals surface area (Å²) in [6.07, 6.45) is 7.96. The van der Waals surface area contributed by atoms with Gasteiger partial charge in [0, 0.05) is 19.6 Å². The lowest BCUT2D eigenvalue weighted by Crippen LogP contribution is -2.30. The quantitative estimate of drug-likeness (QED) is 0.503. The van der Waals surface area contributed by atoms with Gasteiger partial charge in [0.05, 0.1) is 0 Å². The molecule has 0 unspecified atom stereocenters. The first kappa shape index (κ1) is 14.5. The number of carbonyl (C=O) groups is 1. The highest BCUT2D eigenvalue weighted by atomic mass is 16.3. The van der Waals surface area contributed by atoms with Crippen LogP contribution in [-0.4, -0.2) is 30.7 Å². The molecule has 1 aliphatic carbocycles. The molecule has 0 aliphatic heterocycles. The lowest BCUT2D eigenvalue weighted by Gasteiger charge is -2.14. The van der Waals surface area contributed by atoms with Crippen LogP contribution in [0.5, 0.6) is 0 Å². The van der Waals surface area contributed by atoms with Crippen molar-refractivity contribution in [3.8, 4) is 0 Å². The summed E-state index contributed by atoms with van der Waals surface area (Å²) in [4.78, 5) is 11.6. The number of rotatable bonds is 10. The van der Waals surface area contributed by atoms with Gasteiger partial charge >= 0.3 is 0 Å². The van der Waals surface area contributed by atoms with Crippen LogP contribution in [0.1, 0.15) is 51.4 Å². The van der Waals surface area contributed by atoms with Gasteiger partial charge in [0.1, 0.15) is 0 Å². The minimum absolute atomic E-state index is 0.155. The van der Waals surface area contributed by atoms with E-state index >= 15 is 0 Å². The van der Waals surface area contributed by atoms with E-state index in [0.717, 1.165) is 58.0 Å². The molecule has 0 aromatic heterocycles. The van der Waals surface area contributed by atoms with Gasteiger partial charge in [0.15, 0.2) is 0 Å². The van der Waals surface area contributed by atoms with Gasteiger partial charge in [0.25, 0.3) is 0 Å². The van der Waals surface area contributed by atoms with Crippen LogP contribution in [0, 0.1) is 5.41 Å². The smallest absolute Gasteiger partial charge is 0.220 e. The molecule has 1 rings (SSSR count). The Morgan fingerprint density at radius 1 is 1.24 bits per heavy atom. The van der Waals surface area contributed by atoms with Crippen LogP contribution in [0.25, 0.3) is 0 Å². The maximum absolute atomic E-state index is 11.6. The van der Waals surface area contributed by atoms with Crippen molar-refractivity contribution in [3.05, 3.63) is 0 Å². The maximum atomic E-state index is 11.6. The normalized spacial score (nSPS) is 16.8. The fraction of sp³-hybridized carbons (Fsp3) is 0.923. The molecule has 4 nitrogen and oxygen atoms in total. The minimum Gasteiger partial charge on any atom is -0.396 e. The summed E-state index contributed by atoms with van der Waals surface area (Å²) in [6, 6.07) is 0. The molecular formula is C13H26N2O2. The summed E-state index contributed by atoms with van der Waals surface area (Å²) in [5.41, 5.74) is 5.63. The first-order valence-corrected chi connectivity index (χ1v) is 6.80. The average molecular weight is 242 g/mol. The molecule has 4 heteroatoms. The second kappa shape index (κ2) is 7.67. The third-order valence-electron chi connectivity index (χ3n) is 3.62. The highest BCUT2D eigenvalue weighted by Crippen LogP contribution is 2.47. The fourth-order valence-electron chi connectivity index (χ4n) is 2.09. The molecule has 1 fully saturated rings. The lowest BCUT2D eigenvalue weighted by atomic mass is 10.0. The molecule has 100 valence electrons. The third-order valence-corrected chi connectivity index (χ3v) is 3.62. The molecule has 0 aromatic carbocycles. The Morgan fingerprint density at radius 2 is 1.94 bits per heavy atom. The maximum Gasteiger partial charge on any atom is 0.220 e. The molecule has 0 atom stereocenters. The number of nitrogens with one attached hydrogen (secondary N) is 1. The number of unbranched alkanes of at least 4 members (excludes halogenated alkanes) is 3. The Bertz CT molecular complexity index is 227. The number of aliphatic hydroxyl groups excluding tert-OH is 1. The van der Waals surface area contributed by atoms with Gasteiger partial charge in [-0.25, -0.2) is 0 Å². The third kappa shape index (κ3) is 6.03. The zero-order chi connectivity index (χ0) is 12.6. The summed E-state index contributed by atoms with van der Waals surface area (Å²) >= 11 is 0. The van der Waals surface area contributed by atoms with Gasteiger partial charge in [-0.15, -0.1) is 0 Å². The molecule has 17 heavy (non-hydrogen) atoms. The van der Waals surface area contributed by atoms with Gasteiger partial charge in [0.2, 0.25) is 5.91 Å². The van der Waals surface area contributed by atoms with E-state index in [9.17, 15) is 4.79 Å². The Balaban J connectivity index is 1.98. The summed E-state index contributed by atoms with van der Waals surface area (Å²) in [5.74, 6) is 0.155. The Morgan fingerprint density at radius 3 is 2.53 bits per heavy atom. The SMILES string of the molecule is NCCCCCCC(=O)NCC1(CCO)CC1. The molecule has 1 aliphatic rings. The predicted molar refractivity (Wildman–Crippen MR) is 68.5 cm³/mol. The highest BCUT2D eigenvalue weighted by molar-refractivity contribution is 5.75. The monoisotopic (exact) mass is 242 g/mol. The van der Waals surface area contributed by atoms with Crippen molar-refractivity contribution in [2.75, 3.05) is 19.7 Å². The Labute approximate surface area is 104 Å². The molecule has 0 radical (unpaired) electrons. The van der Waals surface area contributed by atoms with Crippen molar-refractivity contribution in [1.82, 2.24) is 5.32 Å². The van der Waals surface area contributed by atoms with Crippen molar-refractivity contribution in [2.24, 2.45) is 11.1 Å². The van der Waals surface area contributed by atoms with Gasteiger partial charge in [-0.1, -0.05) is 12.8 Å². The fourth-order valence-corrected chi connectivity index (χ4v) is 2.09. The number of amides is 1. The van der Waals surface area contributed by atoms with Crippen LogP contribution in [0.3, 0.4) is 0 Å². The highest BCUT2D eigenvalue weighted by Gasteiger charge is 2.41. The number of hydrogen-bond acceptors (Lipinski definition) is 3. The average Bonchev–Trinajstić information content (AvgIpc) is 3.07. The Hall–Kier alpha value is -0.610. The van der Waals surface area contributed by atoms with Crippen molar-refractivity contribution in [2.45, 2.75) is 51.4 Å². The number of aliphatic hydroxyl groups is 1. The van der Waals surface area contributed by atoms with Gasteiger partial charge in [-0.3, -0.25) is 4.79 Å². The first-order valence-electron chi connectivity index (χ1n) is 6.80. The zero-order valence-electron chi connectivity index (χ0n) is 10.7. The van der Waals surface area contributed by atoms with E-state index in [4.69, 9.17) is 10.8 Å². The summed E-state index contributed by atoms with van der Waals surface area (Å²) in [5, 5.41) is 11.9. The lowest BCUT2D eigenvalue weighted by molar-refractivity contribution is -0.121. The Kier molecular flexibility index (Phi) is 6.52. The van der Waals surface area contributed by atoms with Crippen LogP contribution in [0.2, 0.25) is 0 Å². The van der Waals surface area contributed by atoms with Gasteiger partial charge < -0.3 is 16.2 Å². The summed E-state index contributed by atoms with van der Waals surface area (Å²) < 4.78 is 0. The second-order valence-corrected chi connectivity index (χ2v) is 5.20. The van der Waals surface area contributed by atoms with E-state index in [1.807, 2.05) is 0 Å². The molecule has 1 amide bonds. The molecule has 0 heterocycles. The van der Waals surface area contributed by atoms with E-state index in [1.54, 1.807) is 0 Å². The summed E-state index contributed by atoms with van der Waals surface area (Å²) in [7, 11) is 0. The minimum atomic E-state index is 0.155. The molecule has 0 saturated heterocycles. The first-order chi connectivity index (χ1) is 8.22. The number of carbonyl (C=O) groups excluding carboxylic acids is 1. The second-order valence-electron chi connectivity index (χ2n) is 5.20. The van der Waals surface area contributed by atoms with Gasteiger partial charge in [-0.2, -0.15) is 0 Å².